The van der Waals surface area contributed by atoms with E-state index in [9.17, 15) is 9.59 Å². The van der Waals surface area contributed by atoms with Crippen LogP contribution in [0.15, 0.2) is 24.3 Å². The fourth-order valence-electron chi connectivity index (χ4n) is 2.61. The predicted molar refractivity (Wildman–Crippen MR) is 76.1 cm³/mol. The molecule has 3 rings (SSSR count). The van der Waals surface area contributed by atoms with Crippen molar-refractivity contribution in [2.24, 2.45) is 5.92 Å². The lowest BCUT2D eigenvalue weighted by Gasteiger charge is -2.15. The average molecular weight is 293 g/mol. The Morgan fingerprint density at radius 1 is 1.35 bits per heavy atom. The van der Waals surface area contributed by atoms with Crippen LogP contribution in [-0.4, -0.2) is 29.3 Å². The van der Waals surface area contributed by atoms with Gasteiger partial charge >= 0.3 is 0 Å². The number of benzene rings is 1. The maximum Gasteiger partial charge on any atom is 0.225 e. The molecule has 1 aromatic carbocycles. The highest BCUT2D eigenvalue weighted by molar-refractivity contribution is 6.31. The Kier molecular flexibility index (Phi) is 3.66. The van der Waals surface area contributed by atoms with E-state index in [1.807, 2.05) is 23.1 Å². The van der Waals surface area contributed by atoms with Crippen molar-refractivity contribution >= 4 is 23.4 Å². The molecule has 0 bridgehead atoms. The van der Waals surface area contributed by atoms with E-state index in [0.29, 0.717) is 30.6 Å². The molecule has 1 aromatic rings. The SMILES string of the molecule is O=C(NCc1ccccc1Cl)[C@H]1CC(=O)N(C2CC2)C1. The number of halogens is 1. The summed E-state index contributed by atoms with van der Waals surface area (Å²) >= 11 is 6.05. The topological polar surface area (TPSA) is 49.4 Å². The zero-order valence-corrected chi connectivity index (χ0v) is 11.9. The molecule has 1 N–H and O–H groups in total. The molecule has 20 heavy (non-hydrogen) atoms. The van der Waals surface area contributed by atoms with Crippen molar-refractivity contribution in [1.29, 1.82) is 0 Å². The van der Waals surface area contributed by atoms with Gasteiger partial charge in [-0.2, -0.15) is 0 Å². The first kappa shape index (κ1) is 13.4. The lowest BCUT2D eigenvalue weighted by molar-refractivity contribution is -0.129. The average Bonchev–Trinajstić information content (AvgIpc) is 3.20. The summed E-state index contributed by atoms with van der Waals surface area (Å²) in [7, 11) is 0. The van der Waals surface area contributed by atoms with Crippen LogP contribution in [0, 0.1) is 5.92 Å². The van der Waals surface area contributed by atoms with E-state index in [1.165, 1.54) is 0 Å². The largest absolute Gasteiger partial charge is 0.352 e. The molecule has 0 radical (unpaired) electrons. The van der Waals surface area contributed by atoms with Crippen molar-refractivity contribution in [3.05, 3.63) is 34.9 Å². The first-order valence-electron chi connectivity index (χ1n) is 6.95. The lowest BCUT2D eigenvalue weighted by atomic mass is 10.1. The van der Waals surface area contributed by atoms with E-state index in [0.717, 1.165) is 18.4 Å². The van der Waals surface area contributed by atoms with Gasteiger partial charge in [-0.25, -0.2) is 0 Å². The standard InChI is InChI=1S/C15H17ClN2O2/c16-13-4-2-1-3-10(13)8-17-15(20)11-7-14(19)18(9-11)12-5-6-12/h1-4,11-12H,5-9H2,(H,17,20)/t11-/m0/s1. The number of carbonyl (C=O) groups is 2. The van der Waals surface area contributed by atoms with Crippen molar-refractivity contribution in [2.75, 3.05) is 6.54 Å². The van der Waals surface area contributed by atoms with Crippen molar-refractivity contribution < 1.29 is 9.59 Å². The minimum atomic E-state index is -0.217. The zero-order chi connectivity index (χ0) is 14.1. The molecule has 0 unspecified atom stereocenters. The number of nitrogens with one attached hydrogen (secondary N) is 1. The number of rotatable bonds is 4. The maximum atomic E-state index is 12.1. The van der Waals surface area contributed by atoms with Crippen LogP contribution in [0.3, 0.4) is 0 Å². The molecule has 1 aliphatic heterocycles. The Balaban J connectivity index is 1.55. The number of hydrogen-bond donors (Lipinski definition) is 1. The van der Waals surface area contributed by atoms with Gasteiger partial charge in [0.15, 0.2) is 0 Å². The second kappa shape index (κ2) is 5.44. The van der Waals surface area contributed by atoms with E-state index in [2.05, 4.69) is 5.32 Å². The monoisotopic (exact) mass is 292 g/mol. The quantitative estimate of drug-likeness (QED) is 0.922. The van der Waals surface area contributed by atoms with Crippen LogP contribution in [0.25, 0.3) is 0 Å². The Morgan fingerprint density at radius 3 is 2.80 bits per heavy atom. The van der Waals surface area contributed by atoms with Crippen LogP contribution in [0.5, 0.6) is 0 Å². The zero-order valence-electron chi connectivity index (χ0n) is 11.1. The number of likely N-dealkylation sites (tertiary alicyclic amines) is 1. The van der Waals surface area contributed by atoms with Gasteiger partial charge in [0.05, 0.1) is 5.92 Å². The summed E-state index contributed by atoms with van der Waals surface area (Å²) in [5, 5.41) is 3.53. The highest BCUT2D eigenvalue weighted by Crippen LogP contribution is 2.32. The summed E-state index contributed by atoms with van der Waals surface area (Å²) in [5.74, 6) is -0.155. The van der Waals surface area contributed by atoms with E-state index < -0.39 is 0 Å². The van der Waals surface area contributed by atoms with Gasteiger partial charge in [-0.1, -0.05) is 29.8 Å². The predicted octanol–water partition coefficient (Wildman–Crippen LogP) is 1.97. The first-order chi connectivity index (χ1) is 9.65. The minimum absolute atomic E-state index is 0.0542. The van der Waals surface area contributed by atoms with Gasteiger partial charge in [-0.15, -0.1) is 0 Å². The Labute approximate surface area is 123 Å². The normalized spacial score (nSPS) is 22.1. The number of nitrogens with zero attached hydrogens (tertiary/aromatic N) is 1. The highest BCUT2D eigenvalue weighted by Gasteiger charge is 2.41. The molecule has 5 heteroatoms. The van der Waals surface area contributed by atoms with Gasteiger partial charge < -0.3 is 10.2 Å². The molecule has 2 amide bonds. The minimum Gasteiger partial charge on any atom is -0.352 e. The number of amides is 2. The highest BCUT2D eigenvalue weighted by atomic mass is 35.5. The summed E-state index contributed by atoms with van der Waals surface area (Å²) in [4.78, 5) is 25.8. The van der Waals surface area contributed by atoms with Crippen LogP contribution < -0.4 is 5.32 Å². The second-order valence-corrected chi connectivity index (χ2v) is 5.89. The fraction of sp³-hybridized carbons (Fsp3) is 0.467. The maximum absolute atomic E-state index is 12.1. The Morgan fingerprint density at radius 2 is 2.10 bits per heavy atom. The first-order valence-corrected chi connectivity index (χ1v) is 7.33. The van der Waals surface area contributed by atoms with Gasteiger partial charge in [0.2, 0.25) is 11.8 Å². The van der Waals surface area contributed by atoms with Gasteiger partial charge in [-0.05, 0) is 24.5 Å². The molecule has 1 aliphatic carbocycles. The van der Waals surface area contributed by atoms with Crippen molar-refractivity contribution in [2.45, 2.75) is 31.8 Å². The van der Waals surface area contributed by atoms with Crippen LogP contribution in [-0.2, 0) is 16.1 Å². The summed E-state index contributed by atoms with van der Waals surface area (Å²) < 4.78 is 0. The smallest absolute Gasteiger partial charge is 0.225 e. The summed E-state index contributed by atoms with van der Waals surface area (Å²) in [6, 6.07) is 7.83. The van der Waals surface area contributed by atoms with Gasteiger partial charge in [-0.3, -0.25) is 9.59 Å². The van der Waals surface area contributed by atoms with Crippen LogP contribution >= 0.6 is 11.6 Å². The van der Waals surface area contributed by atoms with Crippen LogP contribution in [0.4, 0.5) is 0 Å². The summed E-state index contributed by atoms with van der Waals surface area (Å²) in [6.45, 7) is 0.977. The molecule has 2 fully saturated rings. The van der Waals surface area contributed by atoms with Crippen molar-refractivity contribution in [3.8, 4) is 0 Å². The molecule has 1 saturated carbocycles. The third kappa shape index (κ3) is 2.80. The molecule has 1 saturated heterocycles. The van der Waals surface area contributed by atoms with Crippen molar-refractivity contribution in [1.82, 2.24) is 10.2 Å². The molecule has 1 atom stereocenters. The van der Waals surface area contributed by atoms with Gasteiger partial charge in [0.25, 0.3) is 0 Å². The number of carbonyl (C=O) groups excluding carboxylic acids is 2. The van der Waals surface area contributed by atoms with E-state index in [1.54, 1.807) is 6.07 Å². The Bertz CT molecular complexity index is 542. The summed E-state index contributed by atoms with van der Waals surface area (Å²) in [5.41, 5.74) is 0.894. The molecule has 106 valence electrons. The van der Waals surface area contributed by atoms with Crippen LogP contribution in [0.1, 0.15) is 24.8 Å². The van der Waals surface area contributed by atoms with E-state index in [-0.39, 0.29) is 17.7 Å². The second-order valence-electron chi connectivity index (χ2n) is 5.49. The molecular weight excluding hydrogens is 276 g/mol. The van der Waals surface area contributed by atoms with E-state index >= 15 is 0 Å². The molecular formula is C15H17ClN2O2. The molecule has 2 aliphatic rings. The van der Waals surface area contributed by atoms with Crippen LogP contribution in [0.2, 0.25) is 5.02 Å². The Hall–Kier alpha value is -1.55. The third-order valence-corrected chi connectivity index (χ3v) is 4.30. The number of hydrogen-bond acceptors (Lipinski definition) is 2. The molecule has 0 spiro atoms. The summed E-state index contributed by atoms with van der Waals surface area (Å²) in [6.07, 6.45) is 2.50. The van der Waals surface area contributed by atoms with Crippen molar-refractivity contribution in [3.63, 3.8) is 0 Å². The van der Waals surface area contributed by atoms with Gasteiger partial charge in [0.1, 0.15) is 0 Å². The van der Waals surface area contributed by atoms with Gasteiger partial charge in [0, 0.05) is 30.6 Å². The molecule has 0 aromatic heterocycles. The fourth-order valence-corrected chi connectivity index (χ4v) is 2.82. The van der Waals surface area contributed by atoms with E-state index in [4.69, 9.17) is 11.6 Å². The lowest BCUT2D eigenvalue weighted by Crippen LogP contribution is -2.33. The third-order valence-electron chi connectivity index (χ3n) is 3.93. The molecule has 1 heterocycles. The molecule has 4 nitrogen and oxygen atoms in total.